The SMILES string of the molecule is O=C(C1CCCNC1)N1C2COCC1C2. The summed E-state index contributed by atoms with van der Waals surface area (Å²) in [7, 11) is 0. The highest BCUT2D eigenvalue weighted by Crippen LogP contribution is 2.33. The van der Waals surface area contributed by atoms with Gasteiger partial charge in [0, 0.05) is 6.54 Å². The summed E-state index contributed by atoms with van der Waals surface area (Å²) in [6.45, 7) is 3.44. The van der Waals surface area contributed by atoms with E-state index in [4.69, 9.17) is 4.74 Å². The van der Waals surface area contributed by atoms with E-state index in [0.717, 1.165) is 45.6 Å². The molecule has 1 amide bonds. The summed E-state index contributed by atoms with van der Waals surface area (Å²) < 4.78 is 5.39. The van der Waals surface area contributed by atoms with E-state index in [-0.39, 0.29) is 5.92 Å². The molecule has 3 aliphatic heterocycles. The Balaban J connectivity index is 1.64. The van der Waals surface area contributed by atoms with Crippen molar-refractivity contribution in [3.63, 3.8) is 0 Å². The van der Waals surface area contributed by atoms with Crippen molar-refractivity contribution < 1.29 is 9.53 Å². The van der Waals surface area contributed by atoms with Crippen LogP contribution in [0, 0.1) is 5.92 Å². The van der Waals surface area contributed by atoms with Crippen LogP contribution < -0.4 is 5.32 Å². The molecule has 0 spiro atoms. The van der Waals surface area contributed by atoms with Gasteiger partial charge in [-0.3, -0.25) is 4.79 Å². The Labute approximate surface area is 90.0 Å². The first kappa shape index (κ1) is 9.60. The average Bonchev–Trinajstić information content (AvgIpc) is 2.31. The summed E-state index contributed by atoms with van der Waals surface area (Å²) in [6, 6.07) is 0.774. The van der Waals surface area contributed by atoms with Gasteiger partial charge in [-0.1, -0.05) is 0 Å². The van der Waals surface area contributed by atoms with Gasteiger partial charge in [-0.15, -0.1) is 0 Å². The molecule has 84 valence electrons. The quantitative estimate of drug-likeness (QED) is 0.661. The Morgan fingerprint density at radius 1 is 1.33 bits per heavy atom. The van der Waals surface area contributed by atoms with E-state index in [2.05, 4.69) is 10.2 Å². The van der Waals surface area contributed by atoms with Crippen LogP contribution in [-0.2, 0) is 9.53 Å². The molecule has 3 saturated heterocycles. The van der Waals surface area contributed by atoms with Crippen molar-refractivity contribution in [3.05, 3.63) is 0 Å². The van der Waals surface area contributed by atoms with E-state index in [1.54, 1.807) is 0 Å². The zero-order valence-electron chi connectivity index (χ0n) is 8.95. The number of morpholine rings is 1. The molecule has 0 aromatic heterocycles. The number of ether oxygens (including phenoxy) is 1. The van der Waals surface area contributed by atoms with Crippen molar-refractivity contribution in [2.45, 2.75) is 31.3 Å². The largest absolute Gasteiger partial charge is 0.377 e. The predicted octanol–water partition coefficient (Wildman–Crippen LogP) is -0.0143. The van der Waals surface area contributed by atoms with E-state index >= 15 is 0 Å². The van der Waals surface area contributed by atoms with Crippen molar-refractivity contribution in [1.82, 2.24) is 10.2 Å². The van der Waals surface area contributed by atoms with Gasteiger partial charge in [0.05, 0.1) is 31.2 Å². The van der Waals surface area contributed by atoms with Gasteiger partial charge in [0.1, 0.15) is 0 Å². The second-order valence-electron chi connectivity index (χ2n) is 4.87. The van der Waals surface area contributed by atoms with E-state index < -0.39 is 0 Å². The van der Waals surface area contributed by atoms with Gasteiger partial charge in [-0.2, -0.15) is 0 Å². The summed E-state index contributed by atoms with van der Waals surface area (Å²) in [5, 5.41) is 3.31. The van der Waals surface area contributed by atoms with Crippen LogP contribution in [0.3, 0.4) is 0 Å². The normalized spacial score (nSPS) is 39.7. The van der Waals surface area contributed by atoms with Crippen LogP contribution in [-0.4, -0.2) is 49.2 Å². The predicted molar refractivity (Wildman–Crippen MR) is 55.5 cm³/mol. The summed E-state index contributed by atoms with van der Waals surface area (Å²) >= 11 is 0. The van der Waals surface area contributed by atoms with Crippen LogP contribution in [0.15, 0.2) is 0 Å². The zero-order valence-corrected chi connectivity index (χ0v) is 8.95. The highest BCUT2D eigenvalue weighted by Gasteiger charge is 2.46. The summed E-state index contributed by atoms with van der Waals surface area (Å²) in [4.78, 5) is 14.3. The Morgan fingerprint density at radius 3 is 2.73 bits per heavy atom. The molecule has 0 saturated carbocycles. The van der Waals surface area contributed by atoms with Gasteiger partial charge in [0.15, 0.2) is 0 Å². The fourth-order valence-corrected chi connectivity index (χ4v) is 2.97. The number of piperidine rings is 1. The Kier molecular flexibility index (Phi) is 2.41. The Bertz CT molecular complexity index is 249. The number of amides is 1. The first-order valence-electron chi connectivity index (χ1n) is 5.97. The number of nitrogens with zero attached hydrogens (tertiary/aromatic N) is 1. The van der Waals surface area contributed by atoms with Crippen molar-refractivity contribution in [2.24, 2.45) is 5.92 Å². The number of carbonyl (C=O) groups excluding carboxylic acids is 1. The number of nitrogens with one attached hydrogen (secondary N) is 1. The lowest BCUT2D eigenvalue weighted by molar-refractivity contribution is -0.172. The van der Waals surface area contributed by atoms with E-state index in [1.807, 2.05) is 0 Å². The lowest BCUT2D eigenvalue weighted by atomic mass is 9.87. The Morgan fingerprint density at radius 2 is 2.13 bits per heavy atom. The molecule has 1 N–H and O–H groups in total. The summed E-state index contributed by atoms with van der Waals surface area (Å²) in [5.41, 5.74) is 0. The molecule has 3 fully saturated rings. The second-order valence-corrected chi connectivity index (χ2v) is 4.87. The topological polar surface area (TPSA) is 41.6 Å². The molecule has 0 aliphatic carbocycles. The molecular formula is C11H18N2O2. The average molecular weight is 210 g/mol. The monoisotopic (exact) mass is 210 g/mol. The van der Waals surface area contributed by atoms with Gasteiger partial charge in [-0.05, 0) is 25.8 Å². The van der Waals surface area contributed by atoms with Crippen molar-refractivity contribution in [1.29, 1.82) is 0 Å². The van der Waals surface area contributed by atoms with Crippen molar-refractivity contribution in [3.8, 4) is 0 Å². The van der Waals surface area contributed by atoms with Crippen LogP contribution in [0.1, 0.15) is 19.3 Å². The van der Waals surface area contributed by atoms with Crippen LogP contribution in [0.25, 0.3) is 0 Å². The second kappa shape index (κ2) is 3.76. The van der Waals surface area contributed by atoms with Crippen molar-refractivity contribution in [2.75, 3.05) is 26.3 Å². The maximum Gasteiger partial charge on any atom is 0.227 e. The number of hydrogen-bond acceptors (Lipinski definition) is 3. The maximum absolute atomic E-state index is 12.2. The fourth-order valence-electron chi connectivity index (χ4n) is 2.97. The summed E-state index contributed by atoms with van der Waals surface area (Å²) in [5.74, 6) is 0.592. The van der Waals surface area contributed by atoms with Gasteiger partial charge in [0.2, 0.25) is 5.91 Å². The van der Waals surface area contributed by atoms with Gasteiger partial charge < -0.3 is 15.0 Å². The molecule has 3 heterocycles. The van der Waals surface area contributed by atoms with Gasteiger partial charge >= 0.3 is 0 Å². The molecule has 0 radical (unpaired) electrons. The third-order valence-corrected chi connectivity index (χ3v) is 3.85. The van der Waals surface area contributed by atoms with Crippen LogP contribution >= 0.6 is 0 Å². The molecule has 4 nitrogen and oxygen atoms in total. The number of hydrogen-bond donors (Lipinski definition) is 1. The molecule has 3 rings (SSSR count). The standard InChI is InChI=1S/C11H18N2O2/c14-11(8-2-1-3-12-5-8)13-9-4-10(13)7-15-6-9/h8-10,12H,1-7H2. The van der Waals surface area contributed by atoms with Gasteiger partial charge in [-0.25, -0.2) is 0 Å². The van der Waals surface area contributed by atoms with Crippen LogP contribution in [0.2, 0.25) is 0 Å². The first-order chi connectivity index (χ1) is 7.36. The minimum absolute atomic E-state index is 0.224. The van der Waals surface area contributed by atoms with E-state index in [0.29, 0.717) is 18.0 Å². The molecule has 3 aliphatic rings. The van der Waals surface area contributed by atoms with Crippen LogP contribution in [0.5, 0.6) is 0 Å². The van der Waals surface area contributed by atoms with Crippen molar-refractivity contribution >= 4 is 5.91 Å². The third kappa shape index (κ3) is 1.56. The highest BCUT2D eigenvalue weighted by molar-refractivity contribution is 5.81. The molecule has 3 atom stereocenters. The minimum atomic E-state index is 0.224. The lowest BCUT2D eigenvalue weighted by Crippen LogP contribution is -2.67. The van der Waals surface area contributed by atoms with E-state index in [9.17, 15) is 4.79 Å². The Hall–Kier alpha value is -0.610. The minimum Gasteiger partial charge on any atom is -0.377 e. The zero-order chi connectivity index (χ0) is 10.3. The maximum atomic E-state index is 12.2. The number of fused-ring (bicyclic) bond motifs is 2. The van der Waals surface area contributed by atoms with Crippen LogP contribution in [0.4, 0.5) is 0 Å². The lowest BCUT2D eigenvalue weighted by Gasteiger charge is -2.53. The first-order valence-corrected chi connectivity index (χ1v) is 5.97. The van der Waals surface area contributed by atoms with E-state index in [1.165, 1.54) is 0 Å². The highest BCUT2D eigenvalue weighted by atomic mass is 16.5. The molecule has 0 aromatic rings. The molecule has 2 bridgehead atoms. The molecule has 15 heavy (non-hydrogen) atoms. The fraction of sp³-hybridized carbons (Fsp3) is 0.909. The molecule has 4 heteroatoms. The molecule has 0 aromatic carbocycles. The number of rotatable bonds is 1. The molecule has 3 unspecified atom stereocenters. The van der Waals surface area contributed by atoms with Gasteiger partial charge in [0.25, 0.3) is 0 Å². The molecular weight excluding hydrogens is 192 g/mol. The smallest absolute Gasteiger partial charge is 0.227 e. The number of carbonyl (C=O) groups is 1. The third-order valence-electron chi connectivity index (χ3n) is 3.85. The summed E-state index contributed by atoms with van der Waals surface area (Å²) in [6.07, 6.45) is 3.35.